The summed E-state index contributed by atoms with van der Waals surface area (Å²) in [5, 5.41) is 9.68. The first kappa shape index (κ1) is 19.7. The Kier molecular flexibility index (Phi) is 6.53. The zero-order valence-electron chi connectivity index (χ0n) is 16.7. The predicted molar refractivity (Wildman–Crippen MR) is 113 cm³/mol. The Morgan fingerprint density at radius 3 is 2.75 bits per heavy atom. The van der Waals surface area contributed by atoms with Crippen molar-refractivity contribution in [2.75, 3.05) is 32.6 Å². The van der Waals surface area contributed by atoms with Gasteiger partial charge in [-0.05, 0) is 23.3 Å². The average molecular weight is 380 g/mol. The zero-order valence-corrected chi connectivity index (χ0v) is 16.7. The van der Waals surface area contributed by atoms with Crippen LogP contribution in [0.2, 0.25) is 0 Å². The molecule has 3 N–H and O–H groups in total. The van der Waals surface area contributed by atoms with Crippen molar-refractivity contribution in [3.63, 3.8) is 0 Å². The molecule has 2 unspecified atom stereocenters. The Morgan fingerprint density at radius 2 is 1.96 bits per heavy atom. The van der Waals surface area contributed by atoms with Gasteiger partial charge in [-0.25, -0.2) is 0 Å². The maximum atomic E-state index is 12.0. The summed E-state index contributed by atoms with van der Waals surface area (Å²) in [6.45, 7) is 3.52. The Morgan fingerprint density at radius 1 is 1.21 bits per heavy atom. The monoisotopic (exact) mass is 380 g/mol. The van der Waals surface area contributed by atoms with Crippen LogP contribution in [-0.2, 0) is 4.79 Å². The van der Waals surface area contributed by atoms with Crippen molar-refractivity contribution < 1.29 is 9.53 Å². The molecule has 0 bridgehead atoms. The number of ether oxygens (including phenoxy) is 1. The van der Waals surface area contributed by atoms with Crippen LogP contribution in [0, 0.1) is 0 Å². The topological polar surface area (TPSA) is 74.8 Å². The number of nitrogens with one attached hydrogen (secondary N) is 3. The quantitative estimate of drug-likeness (QED) is 0.532. The van der Waals surface area contributed by atoms with E-state index in [1.54, 1.807) is 14.2 Å². The fraction of sp³-hybridized carbons (Fsp3) is 0.364. The number of rotatable bonds is 6. The highest BCUT2D eigenvalue weighted by Crippen LogP contribution is 2.31. The molecule has 0 aliphatic carbocycles. The number of anilines is 1. The fourth-order valence-corrected chi connectivity index (χ4v) is 3.56. The largest absolute Gasteiger partial charge is 0.496 e. The molecular formula is C22H28N4O2. The summed E-state index contributed by atoms with van der Waals surface area (Å²) in [5.41, 5.74) is 3.22. The molecule has 0 radical (unpaired) electrons. The number of para-hydroxylation sites is 2. The van der Waals surface area contributed by atoms with Crippen molar-refractivity contribution in [1.29, 1.82) is 0 Å². The second-order valence-electron chi connectivity index (χ2n) is 7.01. The van der Waals surface area contributed by atoms with E-state index < -0.39 is 0 Å². The van der Waals surface area contributed by atoms with Gasteiger partial charge in [0.05, 0.1) is 7.11 Å². The lowest BCUT2D eigenvalue weighted by Gasteiger charge is -2.26. The van der Waals surface area contributed by atoms with Crippen LogP contribution in [0.1, 0.15) is 36.3 Å². The van der Waals surface area contributed by atoms with Crippen molar-refractivity contribution >= 4 is 17.6 Å². The van der Waals surface area contributed by atoms with E-state index in [2.05, 4.69) is 40.0 Å². The second kappa shape index (κ2) is 9.26. The molecule has 0 fully saturated rings. The second-order valence-corrected chi connectivity index (χ2v) is 7.01. The van der Waals surface area contributed by atoms with Crippen LogP contribution in [0.25, 0.3) is 0 Å². The highest BCUT2D eigenvalue weighted by molar-refractivity contribution is 5.94. The van der Waals surface area contributed by atoms with Gasteiger partial charge in [-0.2, -0.15) is 0 Å². The zero-order chi connectivity index (χ0) is 19.9. The third-order valence-corrected chi connectivity index (χ3v) is 5.09. The minimum Gasteiger partial charge on any atom is -0.496 e. The molecule has 3 rings (SSSR count). The van der Waals surface area contributed by atoms with E-state index >= 15 is 0 Å². The number of carbonyl (C=O) groups excluding carboxylic acids is 1. The van der Waals surface area contributed by atoms with Crippen LogP contribution in [0.3, 0.4) is 0 Å². The molecule has 0 saturated carbocycles. The normalized spacial score (nSPS) is 17.3. The van der Waals surface area contributed by atoms with Crippen molar-refractivity contribution in [2.45, 2.75) is 25.2 Å². The van der Waals surface area contributed by atoms with Crippen LogP contribution in [0.4, 0.5) is 5.69 Å². The van der Waals surface area contributed by atoms with Crippen LogP contribution >= 0.6 is 0 Å². The summed E-state index contributed by atoms with van der Waals surface area (Å²) in [5.74, 6) is 2.05. The molecule has 28 heavy (non-hydrogen) atoms. The van der Waals surface area contributed by atoms with Gasteiger partial charge in [0.1, 0.15) is 5.75 Å². The lowest BCUT2D eigenvalue weighted by Crippen LogP contribution is -2.41. The van der Waals surface area contributed by atoms with E-state index in [0.29, 0.717) is 13.0 Å². The Bertz CT molecular complexity index is 850. The number of amides is 1. The number of methoxy groups -OCH3 is 1. The number of benzene rings is 2. The minimum atomic E-state index is 0.0539. The lowest BCUT2D eigenvalue weighted by atomic mass is 9.90. The van der Waals surface area contributed by atoms with Gasteiger partial charge >= 0.3 is 0 Å². The number of guanidine groups is 1. The van der Waals surface area contributed by atoms with E-state index in [-0.39, 0.29) is 17.7 Å². The highest BCUT2D eigenvalue weighted by atomic mass is 16.5. The van der Waals surface area contributed by atoms with Gasteiger partial charge in [-0.3, -0.25) is 9.79 Å². The first-order valence-electron chi connectivity index (χ1n) is 9.58. The molecule has 1 aliphatic rings. The maximum absolute atomic E-state index is 12.0. The predicted octanol–water partition coefficient (Wildman–Crippen LogP) is 3.09. The van der Waals surface area contributed by atoms with Gasteiger partial charge in [-0.15, -0.1) is 0 Å². The Balaban J connectivity index is 1.58. The van der Waals surface area contributed by atoms with Crippen LogP contribution in [-0.4, -0.2) is 39.1 Å². The van der Waals surface area contributed by atoms with Gasteiger partial charge in [0, 0.05) is 44.1 Å². The summed E-state index contributed by atoms with van der Waals surface area (Å²) < 4.78 is 5.46. The Labute approximate surface area is 166 Å². The molecule has 6 nitrogen and oxygen atoms in total. The summed E-state index contributed by atoms with van der Waals surface area (Å²) >= 11 is 0. The SMILES string of the molecule is CN=C(NCC(C)c1ccccc1OC)NCC1CC(=O)Nc2ccccc21. The van der Waals surface area contributed by atoms with Gasteiger partial charge in [0.2, 0.25) is 5.91 Å². The fourth-order valence-electron chi connectivity index (χ4n) is 3.56. The summed E-state index contributed by atoms with van der Waals surface area (Å²) in [7, 11) is 3.45. The van der Waals surface area contributed by atoms with E-state index in [0.717, 1.165) is 35.1 Å². The molecule has 2 aromatic carbocycles. The van der Waals surface area contributed by atoms with Crippen LogP contribution < -0.4 is 20.7 Å². The van der Waals surface area contributed by atoms with Gasteiger partial charge < -0.3 is 20.7 Å². The van der Waals surface area contributed by atoms with E-state index in [9.17, 15) is 4.79 Å². The van der Waals surface area contributed by atoms with Gasteiger partial charge in [0.15, 0.2) is 5.96 Å². The molecule has 0 spiro atoms. The molecule has 1 aliphatic heterocycles. The van der Waals surface area contributed by atoms with Crippen molar-refractivity contribution in [1.82, 2.24) is 10.6 Å². The number of carbonyl (C=O) groups is 1. The molecule has 148 valence electrons. The number of hydrogen-bond acceptors (Lipinski definition) is 3. The highest BCUT2D eigenvalue weighted by Gasteiger charge is 2.24. The van der Waals surface area contributed by atoms with E-state index in [1.165, 1.54) is 0 Å². The van der Waals surface area contributed by atoms with E-state index in [4.69, 9.17) is 4.74 Å². The third kappa shape index (κ3) is 4.63. The number of fused-ring (bicyclic) bond motifs is 1. The molecule has 2 atom stereocenters. The lowest BCUT2D eigenvalue weighted by molar-refractivity contribution is -0.116. The Hall–Kier alpha value is -3.02. The average Bonchev–Trinajstić information content (AvgIpc) is 2.73. The summed E-state index contributed by atoms with van der Waals surface area (Å²) in [6.07, 6.45) is 0.471. The van der Waals surface area contributed by atoms with E-state index in [1.807, 2.05) is 36.4 Å². The summed E-state index contributed by atoms with van der Waals surface area (Å²) in [4.78, 5) is 16.3. The number of hydrogen-bond donors (Lipinski definition) is 3. The molecule has 6 heteroatoms. The smallest absolute Gasteiger partial charge is 0.225 e. The minimum absolute atomic E-state index is 0.0539. The summed E-state index contributed by atoms with van der Waals surface area (Å²) in [6, 6.07) is 16.0. The number of aliphatic imine (C=N–C) groups is 1. The molecule has 1 heterocycles. The molecule has 2 aromatic rings. The third-order valence-electron chi connectivity index (χ3n) is 5.09. The molecular weight excluding hydrogens is 352 g/mol. The van der Waals surface area contributed by atoms with Crippen molar-refractivity contribution in [2.24, 2.45) is 4.99 Å². The maximum Gasteiger partial charge on any atom is 0.225 e. The van der Waals surface area contributed by atoms with Crippen LogP contribution in [0.15, 0.2) is 53.5 Å². The number of nitrogens with zero attached hydrogens (tertiary/aromatic N) is 1. The van der Waals surface area contributed by atoms with Crippen molar-refractivity contribution in [3.8, 4) is 5.75 Å². The first-order chi connectivity index (χ1) is 13.6. The standard InChI is InChI=1S/C22H28N4O2/c1-15(17-8-5-7-11-20(17)28-3)13-24-22(23-2)25-14-16-12-21(27)26-19-10-6-4-9-18(16)19/h4-11,15-16H,12-14H2,1-3H3,(H,26,27)(H2,23,24,25). The molecule has 0 aromatic heterocycles. The molecule has 0 saturated heterocycles. The van der Waals surface area contributed by atoms with Gasteiger partial charge in [0.25, 0.3) is 0 Å². The van der Waals surface area contributed by atoms with Gasteiger partial charge in [-0.1, -0.05) is 43.3 Å². The van der Waals surface area contributed by atoms with Crippen molar-refractivity contribution in [3.05, 3.63) is 59.7 Å². The van der Waals surface area contributed by atoms with Crippen LogP contribution in [0.5, 0.6) is 5.75 Å². The first-order valence-corrected chi connectivity index (χ1v) is 9.58. The molecule has 1 amide bonds.